The van der Waals surface area contributed by atoms with Gasteiger partial charge >= 0.3 is 0 Å². The second-order valence-corrected chi connectivity index (χ2v) is 11.5. The van der Waals surface area contributed by atoms with Crippen LogP contribution < -0.4 is 0 Å². The average Bonchev–Trinajstić information content (AvgIpc) is 3.55. The molecule has 220 valence electrons. The van der Waals surface area contributed by atoms with Crippen molar-refractivity contribution in [2.24, 2.45) is 0 Å². The Morgan fingerprint density at radius 3 is 1.68 bits per heavy atom. The molecule has 9 rings (SSSR count). The maximum atomic E-state index is 5.16. The van der Waals surface area contributed by atoms with Gasteiger partial charge in [0, 0.05) is 40.2 Å². The first-order valence-corrected chi connectivity index (χ1v) is 15.5. The molecule has 0 aliphatic rings. The van der Waals surface area contributed by atoms with Crippen molar-refractivity contribution in [2.75, 3.05) is 0 Å². The summed E-state index contributed by atoms with van der Waals surface area (Å²) >= 11 is 0. The van der Waals surface area contributed by atoms with Gasteiger partial charge in [0.05, 0.1) is 16.6 Å². The number of hydrogen-bond donors (Lipinski definition) is 0. The monoisotopic (exact) mass is 602 g/mol. The normalized spacial score (nSPS) is 11.4. The van der Waals surface area contributed by atoms with Gasteiger partial charge in [0.25, 0.3) is 0 Å². The van der Waals surface area contributed by atoms with E-state index in [0.717, 1.165) is 66.5 Å². The Bertz CT molecular complexity index is 2500. The van der Waals surface area contributed by atoms with Crippen LogP contribution in [-0.2, 0) is 0 Å². The highest BCUT2D eigenvalue weighted by molar-refractivity contribution is 5.98. The summed E-state index contributed by atoms with van der Waals surface area (Å²) in [6.45, 7) is 0. The summed E-state index contributed by atoms with van der Waals surface area (Å²) in [7, 11) is 0. The molecule has 0 saturated heterocycles. The molecule has 9 aromatic rings. The summed E-state index contributed by atoms with van der Waals surface area (Å²) in [5.41, 5.74) is 10.8. The zero-order valence-electron chi connectivity index (χ0n) is 25.2. The van der Waals surface area contributed by atoms with E-state index >= 15 is 0 Å². The number of para-hydroxylation sites is 3. The van der Waals surface area contributed by atoms with Crippen LogP contribution >= 0.6 is 0 Å². The van der Waals surface area contributed by atoms with E-state index in [1.54, 1.807) is 6.20 Å². The van der Waals surface area contributed by atoms with Gasteiger partial charge in [0.1, 0.15) is 5.65 Å². The molecule has 0 aliphatic heterocycles. The molecular formula is C41H26N6. The van der Waals surface area contributed by atoms with Crippen molar-refractivity contribution in [3.63, 3.8) is 0 Å². The van der Waals surface area contributed by atoms with E-state index in [1.165, 1.54) is 0 Å². The maximum Gasteiger partial charge on any atom is 0.164 e. The van der Waals surface area contributed by atoms with Crippen LogP contribution in [0.25, 0.3) is 84.0 Å². The van der Waals surface area contributed by atoms with Gasteiger partial charge in [-0.3, -0.25) is 9.38 Å². The minimum absolute atomic E-state index is 0.593. The van der Waals surface area contributed by atoms with Gasteiger partial charge in [-0.15, -0.1) is 0 Å². The van der Waals surface area contributed by atoms with Crippen molar-refractivity contribution in [3.8, 4) is 56.4 Å². The topological polar surface area (TPSA) is 68.9 Å². The quantitative estimate of drug-likeness (QED) is 0.196. The SMILES string of the molecule is c1ccc(-c2nc(-c3ccccc3)nc(-c3cc(-c4cccnc4)cc(-c4cc5ccccc5n5c4nc4ccccc45)c3)n2)cc1. The van der Waals surface area contributed by atoms with Gasteiger partial charge < -0.3 is 0 Å². The zero-order chi connectivity index (χ0) is 31.2. The lowest BCUT2D eigenvalue weighted by molar-refractivity contribution is 1.07. The average molecular weight is 603 g/mol. The molecule has 4 aromatic heterocycles. The molecule has 0 atom stereocenters. The lowest BCUT2D eigenvalue weighted by Gasteiger charge is -2.14. The molecule has 0 N–H and O–H groups in total. The van der Waals surface area contributed by atoms with Crippen LogP contribution in [0.15, 0.2) is 158 Å². The number of aromatic nitrogens is 6. The molecule has 6 heteroatoms. The molecule has 0 amide bonds. The molecule has 0 fully saturated rings. The molecule has 4 heterocycles. The highest BCUT2D eigenvalue weighted by Gasteiger charge is 2.18. The van der Waals surface area contributed by atoms with Crippen LogP contribution in [0.1, 0.15) is 0 Å². The Labute approximate surface area is 270 Å². The molecule has 6 nitrogen and oxygen atoms in total. The lowest BCUT2D eigenvalue weighted by Crippen LogP contribution is -2.00. The Kier molecular flexibility index (Phi) is 6.35. The third-order valence-electron chi connectivity index (χ3n) is 8.48. The number of rotatable bonds is 5. The van der Waals surface area contributed by atoms with E-state index in [0.29, 0.717) is 17.5 Å². The molecule has 0 saturated carbocycles. The molecule has 0 bridgehead atoms. The van der Waals surface area contributed by atoms with Gasteiger partial charge in [-0.05, 0) is 65.0 Å². The molecule has 0 spiro atoms. The van der Waals surface area contributed by atoms with Gasteiger partial charge in [-0.1, -0.05) is 97.1 Å². The smallest absolute Gasteiger partial charge is 0.164 e. The van der Waals surface area contributed by atoms with E-state index in [2.05, 4.69) is 82.2 Å². The predicted molar refractivity (Wildman–Crippen MR) is 189 cm³/mol. The van der Waals surface area contributed by atoms with Gasteiger partial charge in [-0.2, -0.15) is 0 Å². The van der Waals surface area contributed by atoms with Crippen LogP contribution in [0.3, 0.4) is 0 Å². The number of nitrogens with zero attached hydrogens (tertiary/aromatic N) is 6. The first kappa shape index (κ1) is 26.8. The fraction of sp³-hybridized carbons (Fsp3) is 0. The van der Waals surface area contributed by atoms with E-state index < -0.39 is 0 Å². The minimum atomic E-state index is 0.593. The van der Waals surface area contributed by atoms with E-state index in [-0.39, 0.29) is 0 Å². The Hall–Kier alpha value is -6.53. The summed E-state index contributed by atoms with van der Waals surface area (Å²) in [5.74, 6) is 1.83. The zero-order valence-corrected chi connectivity index (χ0v) is 25.2. The Balaban J connectivity index is 1.34. The lowest BCUT2D eigenvalue weighted by atomic mass is 9.96. The number of pyridine rings is 2. The number of benzene rings is 5. The van der Waals surface area contributed by atoms with Crippen molar-refractivity contribution in [1.82, 2.24) is 29.3 Å². The number of hydrogen-bond acceptors (Lipinski definition) is 5. The van der Waals surface area contributed by atoms with Crippen molar-refractivity contribution < 1.29 is 0 Å². The first-order chi connectivity index (χ1) is 23.3. The van der Waals surface area contributed by atoms with Gasteiger partial charge in [-0.25, -0.2) is 19.9 Å². The fourth-order valence-corrected chi connectivity index (χ4v) is 6.25. The predicted octanol–water partition coefficient (Wildman–Crippen LogP) is 9.56. The van der Waals surface area contributed by atoms with Gasteiger partial charge in [0.2, 0.25) is 0 Å². The van der Waals surface area contributed by atoms with Crippen LogP contribution in [0.5, 0.6) is 0 Å². The summed E-state index contributed by atoms with van der Waals surface area (Å²) in [5, 5.41) is 1.13. The van der Waals surface area contributed by atoms with E-state index in [1.807, 2.05) is 79.0 Å². The number of fused-ring (bicyclic) bond motifs is 5. The van der Waals surface area contributed by atoms with Crippen molar-refractivity contribution >= 4 is 27.6 Å². The highest BCUT2D eigenvalue weighted by Crippen LogP contribution is 2.37. The van der Waals surface area contributed by atoms with Crippen molar-refractivity contribution in [2.45, 2.75) is 0 Å². The summed E-state index contributed by atoms with van der Waals surface area (Å²) in [6.07, 6.45) is 3.68. The Morgan fingerprint density at radius 1 is 0.404 bits per heavy atom. The Morgan fingerprint density at radius 2 is 0.979 bits per heavy atom. The van der Waals surface area contributed by atoms with Gasteiger partial charge in [0.15, 0.2) is 17.5 Å². The van der Waals surface area contributed by atoms with Crippen molar-refractivity contribution in [1.29, 1.82) is 0 Å². The van der Waals surface area contributed by atoms with E-state index in [4.69, 9.17) is 19.9 Å². The standard InChI is InChI=1S/C41H26N6/c1-3-12-27(13-4-1)38-44-39(28-14-5-2-6-15-28)46-40(45-38)33-23-31(30-17-11-21-42-26-30)22-32(24-33)34-25-29-16-7-9-19-36(29)47-37-20-10-8-18-35(37)43-41(34)47/h1-26H. The molecule has 0 unspecified atom stereocenters. The summed E-state index contributed by atoms with van der Waals surface area (Å²) < 4.78 is 2.26. The van der Waals surface area contributed by atoms with Crippen LogP contribution in [0.4, 0.5) is 0 Å². The molecular weight excluding hydrogens is 576 g/mol. The molecule has 47 heavy (non-hydrogen) atoms. The molecule has 5 aromatic carbocycles. The molecule has 0 aliphatic carbocycles. The minimum Gasteiger partial charge on any atom is -0.292 e. The maximum absolute atomic E-state index is 5.16. The largest absolute Gasteiger partial charge is 0.292 e. The first-order valence-electron chi connectivity index (χ1n) is 15.5. The summed E-state index contributed by atoms with van der Waals surface area (Å²) in [4.78, 5) is 24.6. The van der Waals surface area contributed by atoms with Crippen LogP contribution in [-0.4, -0.2) is 29.3 Å². The van der Waals surface area contributed by atoms with Crippen molar-refractivity contribution in [3.05, 3.63) is 158 Å². The number of imidazole rings is 1. The third kappa shape index (κ3) is 4.80. The van der Waals surface area contributed by atoms with E-state index in [9.17, 15) is 0 Å². The highest BCUT2D eigenvalue weighted by atomic mass is 15.0. The summed E-state index contributed by atoms with van der Waals surface area (Å²) in [6, 6.07) is 49.7. The van der Waals surface area contributed by atoms with Crippen LogP contribution in [0.2, 0.25) is 0 Å². The second-order valence-electron chi connectivity index (χ2n) is 11.5. The third-order valence-corrected chi connectivity index (χ3v) is 8.48. The second kappa shape index (κ2) is 11.1. The van der Waals surface area contributed by atoms with Crippen LogP contribution in [0, 0.1) is 0 Å². The fourth-order valence-electron chi connectivity index (χ4n) is 6.25. The molecule has 0 radical (unpaired) electrons.